The Labute approximate surface area is 135 Å². The van der Waals surface area contributed by atoms with Crippen molar-refractivity contribution in [3.63, 3.8) is 0 Å². The highest BCUT2D eigenvalue weighted by Gasteiger charge is 2.22. The Kier molecular flexibility index (Phi) is 3.98. The highest BCUT2D eigenvalue weighted by molar-refractivity contribution is 6.39. The van der Waals surface area contributed by atoms with E-state index in [-0.39, 0.29) is 15.7 Å². The number of fused-ring (bicyclic) bond motifs is 1. The molecule has 3 aromatic rings. The summed E-state index contributed by atoms with van der Waals surface area (Å²) in [7, 11) is 0. The maximum Gasteiger partial charge on any atom is 0.258 e. The van der Waals surface area contributed by atoms with Gasteiger partial charge in [-0.3, -0.25) is 9.78 Å². The summed E-state index contributed by atoms with van der Waals surface area (Å²) in [6, 6.07) is 3.48. The standard InChI is InChI=1S/C14H10Cl2N4O2/c15-9-5-17-6-10(16)11(9)20-14(22)12(21)8-4-19-13-7(8)2-1-3-18-13/h1-6,12,21H,(H,18,19)(H,17,20,22). The molecular weight excluding hydrogens is 327 g/mol. The van der Waals surface area contributed by atoms with Gasteiger partial charge in [-0.2, -0.15) is 0 Å². The van der Waals surface area contributed by atoms with Crippen molar-refractivity contribution in [1.82, 2.24) is 15.0 Å². The maximum atomic E-state index is 12.2. The second kappa shape index (κ2) is 5.92. The van der Waals surface area contributed by atoms with E-state index in [9.17, 15) is 9.90 Å². The fraction of sp³-hybridized carbons (Fsp3) is 0.0714. The fourth-order valence-electron chi connectivity index (χ4n) is 2.07. The van der Waals surface area contributed by atoms with Gasteiger partial charge in [0.15, 0.2) is 6.10 Å². The molecule has 3 rings (SSSR count). The van der Waals surface area contributed by atoms with Gasteiger partial charge in [-0.15, -0.1) is 0 Å². The van der Waals surface area contributed by atoms with Crippen LogP contribution in [0.15, 0.2) is 36.9 Å². The number of aromatic nitrogens is 3. The molecule has 1 unspecified atom stereocenters. The van der Waals surface area contributed by atoms with Crippen LogP contribution < -0.4 is 5.32 Å². The van der Waals surface area contributed by atoms with Gasteiger partial charge in [0, 0.05) is 35.7 Å². The molecule has 3 heterocycles. The summed E-state index contributed by atoms with van der Waals surface area (Å²) in [6.45, 7) is 0. The topological polar surface area (TPSA) is 90.9 Å². The number of halogens is 2. The Morgan fingerprint density at radius 2 is 2.05 bits per heavy atom. The van der Waals surface area contributed by atoms with Crippen LogP contribution in [0, 0.1) is 0 Å². The molecule has 0 aromatic carbocycles. The molecule has 0 saturated heterocycles. The molecule has 112 valence electrons. The molecular formula is C14H10Cl2N4O2. The Hall–Kier alpha value is -2.15. The maximum absolute atomic E-state index is 12.2. The number of aliphatic hydroxyl groups is 1. The van der Waals surface area contributed by atoms with E-state index in [0.29, 0.717) is 16.6 Å². The molecule has 6 nitrogen and oxygen atoms in total. The predicted molar refractivity (Wildman–Crippen MR) is 83.9 cm³/mol. The van der Waals surface area contributed by atoms with Crippen LogP contribution in [0.5, 0.6) is 0 Å². The van der Waals surface area contributed by atoms with Gasteiger partial charge in [0.25, 0.3) is 5.91 Å². The molecule has 1 atom stereocenters. The first kappa shape index (κ1) is 14.8. The van der Waals surface area contributed by atoms with E-state index in [4.69, 9.17) is 23.2 Å². The van der Waals surface area contributed by atoms with Gasteiger partial charge in [0.2, 0.25) is 0 Å². The molecule has 1 amide bonds. The molecule has 3 aromatic heterocycles. The lowest BCUT2D eigenvalue weighted by molar-refractivity contribution is -0.124. The van der Waals surface area contributed by atoms with Gasteiger partial charge in [-0.25, -0.2) is 4.98 Å². The van der Waals surface area contributed by atoms with Crippen LogP contribution in [0.1, 0.15) is 11.7 Å². The van der Waals surface area contributed by atoms with Gasteiger partial charge in [-0.05, 0) is 12.1 Å². The third kappa shape index (κ3) is 2.64. The highest BCUT2D eigenvalue weighted by Crippen LogP contribution is 2.30. The van der Waals surface area contributed by atoms with Crippen LogP contribution in [0.2, 0.25) is 10.0 Å². The molecule has 0 aliphatic heterocycles. The number of carbonyl (C=O) groups is 1. The van der Waals surface area contributed by atoms with Crippen molar-refractivity contribution < 1.29 is 9.90 Å². The van der Waals surface area contributed by atoms with Crippen LogP contribution in [-0.4, -0.2) is 26.0 Å². The molecule has 0 spiro atoms. The number of nitrogens with zero attached hydrogens (tertiary/aromatic N) is 2. The number of aromatic amines is 1. The van der Waals surface area contributed by atoms with Crippen molar-refractivity contribution in [2.45, 2.75) is 6.10 Å². The molecule has 0 saturated carbocycles. The van der Waals surface area contributed by atoms with Gasteiger partial charge in [-0.1, -0.05) is 23.2 Å². The smallest absolute Gasteiger partial charge is 0.258 e. The Morgan fingerprint density at radius 3 is 2.77 bits per heavy atom. The lowest BCUT2D eigenvalue weighted by Crippen LogP contribution is -2.21. The monoisotopic (exact) mass is 336 g/mol. The number of nitrogens with one attached hydrogen (secondary N) is 2. The van der Waals surface area contributed by atoms with Crippen LogP contribution in [0.3, 0.4) is 0 Å². The number of H-pyrrole nitrogens is 1. The fourth-order valence-corrected chi connectivity index (χ4v) is 2.53. The summed E-state index contributed by atoms with van der Waals surface area (Å²) >= 11 is 11.9. The van der Waals surface area contributed by atoms with E-state index in [2.05, 4.69) is 20.3 Å². The molecule has 0 bridgehead atoms. The second-order valence-electron chi connectivity index (χ2n) is 4.51. The van der Waals surface area contributed by atoms with E-state index in [0.717, 1.165) is 0 Å². The summed E-state index contributed by atoms with van der Waals surface area (Å²) in [4.78, 5) is 23.0. The van der Waals surface area contributed by atoms with E-state index < -0.39 is 12.0 Å². The molecule has 0 aliphatic carbocycles. The SMILES string of the molecule is O=C(Nc1c(Cl)cncc1Cl)C(O)c1c[nH]c2ncccc12. The number of pyridine rings is 2. The van der Waals surface area contributed by atoms with E-state index >= 15 is 0 Å². The first-order valence-electron chi connectivity index (χ1n) is 6.28. The third-order valence-electron chi connectivity index (χ3n) is 3.13. The number of amides is 1. The summed E-state index contributed by atoms with van der Waals surface area (Å²) in [6.07, 6.45) is 4.47. The Balaban J connectivity index is 1.89. The Bertz CT molecular complexity index is 829. The van der Waals surface area contributed by atoms with Gasteiger partial charge in [0.05, 0.1) is 15.7 Å². The van der Waals surface area contributed by atoms with Crippen molar-refractivity contribution in [2.24, 2.45) is 0 Å². The van der Waals surface area contributed by atoms with Crippen LogP contribution in [0.4, 0.5) is 5.69 Å². The van der Waals surface area contributed by atoms with Crippen molar-refractivity contribution in [3.05, 3.63) is 52.5 Å². The molecule has 0 aliphatic rings. The predicted octanol–water partition coefficient (Wildman–Crippen LogP) is 2.94. The summed E-state index contributed by atoms with van der Waals surface area (Å²) in [5, 5.41) is 13.8. The molecule has 0 fully saturated rings. The van der Waals surface area contributed by atoms with Gasteiger partial charge in [0.1, 0.15) is 5.65 Å². The number of aliphatic hydroxyl groups excluding tert-OH is 1. The van der Waals surface area contributed by atoms with Crippen LogP contribution in [0.25, 0.3) is 11.0 Å². The number of hydrogen-bond acceptors (Lipinski definition) is 4. The average molecular weight is 337 g/mol. The number of anilines is 1. The minimum Gasteiger partial charge on any atom is -0.378 e. The second-order valence-corrected chi connectivity index (χ2v) is 5.33. The minimum absolute atomic E-state index is 0.189. The van der Waals surface area contributed by atoms with Crippen molar-refractivity contribution in [3.8, 4) is 0 Å². The average Bonchev–Trinajstić information content (AvgIpc) is 2.94. The van der Waals surface area contributed by atoms with Crippen molar-refractivity contribution in [2.75, 3.05) is 5.32 Å². The summed E-state index contributed by atoms with van der Waals surface area (Å²) in [5.74, 6) is -0.653. The van der Waals surface area contributed by atoms with E-state index in [1.165, 1.54) is 18.6 Å². The van der Waals surface area contributed by atoms with Crippen LogP contribution in [-0.2, 0) is 4.79 Å². The molecule has 22 heavy (non-hydrogen) atoms. The summed E-state index contributed by atoms with van der Waals surface area (Å²) in [5.41, 5.74) is 1.21. The van der Waals surface area contributed by atoms with Crippen molar-refractivity contribution >= 4 is 45.8 Å². The minimum atomic E-state index is -1.39. The number of hydrogen-bond donors (Lipinski definition) is 3. The van der Waals surface area contributed by atoms with E-state index in [1.807, 2.05) is 0 Å². The van der Waals surface area contributed by atoms with E-state index in [1.54, 1.807) is 18.3 Å². The highest BCUT2D eigenvalue weighted by atomic mass is 35.5. The first-order valence-corrected chi connectivity index (χ1v) is 7.03. The molecule has 0 radical (unpaired) electrons. The Morgan fingerprint density at radius 1 is 1.32 bits per heavy atom. The summed E-state index contributed by atoms with van der Waals surface area (Å²) < 4.78 is 0. The zero-order valence-electron chi connectivity index (χ0n) is 11.0. The zero-order chi connectivity index (χ0) is 15.7. The molecule has 3 N–H and O–H groups in total. The lowest BCUT2D eigenvalue weighted by atomic mass is 10.1. The lowest BCUT2D eigenvalue weighted by Gasteiger charge is -2.12. The van der Waals surface area contributed by atoms with Gasteiger partial charge < -0.3 is 15.4 Å². The van der Waals surface area contributed by atoms with Crippen LogP contribution >= 0.6 is 23.2 Å². The normalized spacial score (nSPS) is 12.3. The molecule has 8 heteroatoms. The first-order chi connectivity index (χ1) is 10.6. The number of rotatable bonds is 3. The number of carbonyl (C=O) groups excluding carboxylic acids is 1. The quantitative estimate of drug-likeness (QED) is 0.685. The van der Waals surface area contributed by atoms with Gasteiger partial charge >= 0.3 is 0 Å². The van der Waals surface area contributed by atoms with Crippen molar-refractivity contribution in [1.29, 1.82) is 0 Å². The largest absolute Gasteiger partial charge is 0.378 e. The third-order valence-corrected chi connectivity index (χ3v) is 3.70. The zero-order valence-corrected chi connectivity index (χ0v) is 12.6.